The zero-order valence-corrected chi connectivity index (χ0v) is 10.6. The molecule has 2 aromatic rings. The highest BCUT2D eigenvalue weighted by atomic mass is 19.1. The van der Waals surface area contributed by atoms with Crippen molar-refractivity contribution in [2.75, 3.05) is 6.54 Å². The van der Waals surface area contributed by atoms with E-state index in [0.717, 1.165) is 18.5 Å². The Kier molecular flexibility index (Phi) is 4.21. The van der Waals surface area contributed by atoms with Gasteiger partial charge in [0.1, 0.15) is 23.9 Å². The predicted molar refractivity (Wildman–Crippen MR) is 68.0 cm³/mol. The number of nitrogens with zero attached hydrogens (tertiary/aromatic N) is 4. The highest BCUT2D eigenvalue weighted by molar-refractivity contribution is 5.35. The van der Waals surface area contributed by atoms with Crippen LogP contribution in [-0.2, 0) is 6.54 Å². The van der Waals surface area contributed by atoms with Crippen LogP contribution in [0.4, 0.5) is 4.39 Å². The third-order valence-corrected chi connectivity index (χ3v) is 2.61. The van der Waals surface area contributed by atoms with Crippen molar-refractivity contribution in [2.24, 2.45) is 0 Å². The molecule has 5 nitrogen and oxygen atoms in total. The van der Waals surface area contributed by atoms with Crippen LogP contribution >= 0.6 is 0 Å². The van der Waals surface area contributed by atoms with E-state index in [1.54, 1.807) is 12.1 Å². The Morgan fingerprint density at radius 1 is 1.47 bits per heavy atom. The fourth-order valence-electron chi connectivity index (χ4n) is 1.69. The molecule has 0 spiro atoms. The molecular formula is C13H14FN5. The van der Waals surface area contributed by atoms with Crippen molar-refractivity contribution in [2.45, 2.75) is 19.9 Å². The summed E-state index contributed by atoms with van der Waals surface area (Å²) in [5, 5.41) is 15.7. The van der Waals surface area contributed by atoms with Crippen LogP contribution in [0.1, 0.15) is 24.7 Å². The summed E-state index contributed by atoms with van der Waals surface area (Å²) in [5.41, 5.74) is 1.16. The maximum Gasteiger partial charge on any atom is 0.252 e. The van der Waals surface area contributed by atoms with E-state index >= 15 is 0 Å². The van der Waals surface area contributed by atoms with Gasteiger partial charge in [0.15, 0.2) is 0 Å². The molecule has 0 saturated heterocycles. The van der Waals surface area contributed by atoms with E-state index in [4.69, 9.17) is 5.26 Å². The van der Waals surface area contributed by atoms with Crippen LogP contribution in [0.5, 0.6) is 0 Å². The van der Waals surface area contributed by atoms with Crippen LogP contribution in [0.15, 0.2) is 24.5 Å². The second-order valence-electron chi connectivity index (χ2n) is 4.09. The van der Waals surface area contributed by atoms with Gasteiger partial charge in [-0.05, 0) is 30.7 Å². The van der Waals surface area contributed by atoms with Gasteiger partial charge in [0, 0.05) is 6.54 Å². The van der Waals surface area contributed by atoms with Gasteiger partial charge in [0.25, 0.3) is 5.82 Å². The van der Waals surface area contributed by atoms with Gasteiger partial charge in [0.05, 0.1) is 0 Å². The van der Waals surface area contributed by atoms with E-state index in [9.17, 15) is 4.39 Å². The molecule has 0 bridgehead atoms. The van der Waals surface area contributed by atoms with Gasteiger partial charge < -0.3 is 5.32 Å². The number of hydrogen-bond acceptors (Lipinski definition) is 4. The van der Waals surface area contributed by atoms with Gasteiger partial charge in [-0.15, -0.1) is 5.10 Å². The minimum absolute atomic E-state index is 0.0214. The molecule has 2 rings (SSSR count). The van der Waals surface area contributed by atoms with E-state index in [-0.39, 0.29) is 17.3 Å². The van der Waals surface area contributed by atoms with Crippen molar-refractivity contribution in [3.05, 3.63) is 41.7 Å². The summed E-state index contributed by atoms with van der Waals surface area (Å²) < 4.78 is 15.2. The highest BCUT2D eigenvalue weighted by Crippen LogP contribution is 2.14. The predicted octanol–water partition coefficient (Wildman–Crippen LogP) is 1.78. The Labute approximate surface area is 110 Å². The van der Waals surface area contributed by atoms with Crippen LogP contribution in [0, 0.1) is 17.1 Å². The number of hydrogen-bond donors (Lipinski definition) is 1. The third-order valence-electron chi connectivity index (χ3n) is 2.61. The molecule has 1 aromatic heterocycles. The third kappa shape index (κ3) is 3.14. The molecule has 0 atom stereocenters. The standard InChI is InChI=1S/C13H14FN5/c1-2-5-16-8-10-3-4-12(11(14)6-10)19-9-17-13(7-15)18-19/h3-4,6,9,16H,2,5,8H2,1H3. The molecule has 0 fully saturated rings. The van der Waals surface area contributed by atoms with Crippen LogP contribution in [0.25, 0.3) is 5.69 Å². The van der Waals surface area contributed by atoms with Crippen molar-refractivity contribution in [3.8, 4) is 11.8 Å². The first kappa shape index (κ1) is 13.2. The van der Waals surface area contributed by atoms with Crippen molar-refractivity contribution in [3.63, 3.8) is 0 Å². The lowest BCUT2D eigenvalue weighted by molar-refractivity contribution is 0.603. The molecule has 0 aliphatic heterocycles. The molecule has 0 aliphatic rings. The number of halogens is 1. The van der Waals surface area contributed by atoms with Crippen LogP contribution in [0.3, 0.4) is 0 Å². The molecule has 0 aliphatic carbocycles. The molecule has 0 saturated carbocycles. The smallest absolute Gasteiger partial charge is 0.252 e. The Morgan fingerprint density at radius 2 is 2.32 bits per heavy atom. The van der Waals surface area contributed by atoms with Crippen molar-refractivity contribution < 1.29 is 4.39 Å². The fourth-order valence-corrected chi connectivity index (χ4v) is 1.69. The van der Waals surface area contributed by atoms with Crippen molar-refractivity contribution in [1.29, 1.82) is 5.26 Å². The molecule has 0 radical (unpaired) electrons. The first-order valence-corrected chi connectivity index (χ1v) is 6.06. The normalized spacial score (nSPS) is 10.4. The molecule has 0 amide bonds. The monoisotopic (exact) mass is 259 g/mol. The lowest BCUT2D eigenvalue weighted by Crippen LogP contribution is -2.14. The van der Waals surface area contributed by atoms with Gasteiger partial charge in [-0.25, -0.2) is 14.1 Å². The average molecular weight is 259 g/mol. The summed E-state index contributed by atoms with van der Waals surface area (Å²) in [6.07, 6.45) is 2.36. The van der Waals surface area contributed by atoms with E-state index in [0.29, 0.717) is 6.54 Å². The molecule has 1 aromatic carbocycles. The first-order valence-electron chi connectivity index (χ1n) is 6.06. The zero-order valence-electron chi connectivity index (χ0n) is 10.6. The largest absolute Gasteiger partial charge is 0.313 e. The van der Waals surface area contributed by atoms with Gasteiger partial charge in [-0.1, -0.05) is 13.0 Å². The Morgan fingerprint density at radius 3 is 2.95 bits per heavy atom. The number of aromatic nitrogens is 3. The SMILES string of the molecule is CCCNCc1ccc(-n2cnc(C#N)n2)c(F)c1. The second-order valence-corrected chi connectivity index (χ2v) is 4.09. The summed E-state index contributed by atoms with van der Waals surface area (Å²) in [6, 6.07) is 6.73. The van der Waals surface area contributed by atoms with Gasteiger partial charge >= 0.3 is 0 Å². The van der Waals surface area contributed by atoms with Crippen LogP contribution < -0.4 is 5.32 Å². The minimum Gasteiger partial charge on any atom is -0.313 e. The number of rotatable bonds is 5. The summed E-state index contributed by atoms with van der Waals surface area (Å²) in [7, 11) is 0. The topological polar surface area (TPSA) is 66.5 Å². The van der Waals surface area contributed by atoms with Crippen LogP contribution in [0.2, 0.25) is 0 Å². The van der Waals surface area contributed by atoms with E-state index in [1.807, 2.05) is 6.07 Å². The number of nitriles is 1. The van der Waals surface area contributed by atoms with E-state index < -0.39 is 0 Å². The summed E-state index contributed by atoms with van der Waals surface area (Å²) in [6.45, 7) is 3.61. The first-order chi connectivity index (χ1) is 9.24. The molecule has 1 N–H and O–H groups in total. The van der Waals surface area contributed by atoms with E-state index in [1.165, 1.54) is 17.1 Å². The number of nitrogens with one attached hydrogen (secondary N) is 1. The molecule has 19 heavy (non-hydrogen) atoms. The van der Waals surface area contributed by atoms with Gasteiger partial charge in [-0.3, -0.25) is 0 Å². The number of benzene rings is 1. The van der Waals surface area contributed by atoms with Crippen molar-refractivity contribution >= 4 is 0 Å². The summed E-state index contributed by atoms with van der Waals surface area (Å²) >= 11 is 0. The quantitative estimate of drug-likeness (QED) is 0.831. The molecule has 98 valence electrons. The molecule has 0 unspecified atom stereocenters. The average Bonchev–Trinajstić information content (AvgIpc) is 2.88. The lowest BCUT2D eigenvalue weighted by atomic mass is 10.2. The Bertz CT molecular complexity index is 599. The maximum atomic E-state index is 14.0. The van der Waals surface area contributed by atoms with Gasteiger partial charge in [0.2, 0.25) is 0 Å². The summed E-state index contributed by atoms with van der Waals surface area (Å²) in [5.74, 6) is -0.363. The molecule has 6 heteroatoms. The van der Waals surface area contributed by atoms with Gasteiger partial charge in [-0.2, -0.15) is 5.26 Å². The second kappa shape index (κ2) is 6.07. The van der Waals surface area contributed by atoms with Crippen molar-refractivity contribution in [1.82, 2.24) is 20.1 Å². The van der Waals surface area contributed by atoms with Crippen LogP contribution in [-0.4, -0.2) is 21.3 Å². The fraction of sp³-hybridized carbons (Fsp3) is 0.308. The summed E-state index contributed by atoms with van der Waals surface area (Å²) in [4.78, 5) is 3.75. The molecule has 1 heterocycles. The van der Waals surface area contributed by atoms with E-state index in [2.05, 4.69) is 22.3 Å². The lowest BCUT2D eigenvalue weighted by Gasteiger charge is -2.06. The zero-order chi connectivity index (χ0) is 13.7. The maximum absolute atomic E-state index is 14.0. The molecular weight excluding hydrogens is 245 g/mol. The minimum atomic E-state index is -0.384. The highest BCUT2D eigenvalue weighted by Gasteiger charge is 2.08. The Hall–Kier alpha value is -2.26. The Balaban J connectivity index is 2.17.